The second-order valence-electron chi connectivity index (χ2n) is 5.78. The maximum absolute atomic E-state index is 5.82. The molecule has 5 heteroatoms. The number of aromatic nitrogens is 2. The molecule has 2 rings (SSSR count). The van der Waals surface area contributed by atoms with Gasteiger partial charge in [0, 0.05) is 5.54 Å². The van der Waals surface area contributed by atoms with Gasteiger partial charge in [-0.2, -0.15) is 0 Å². The van der Waals surface area contributed by atoms with Gasteiger partial charge in [0.05, 0.1) is 11.0 Å². The molecule has 0 aliphatic carbocycles. The van der Waals surface area contributed by atoms with Gasteiger partial charge in [0.15, 0.2) is 5.96 Å². The maximum Gasteiger partial charge on any atom is 0.189 e. The Morgan fingerprint density at radius 1 is 1.42 bits per heavy atom. The number of H-pyrrole nitrogens is 1. The molecule has 0 radical (unpaired) electrons. The quantitative estimate of drug-likeness (QED) is 0.570. The van der Waals surface area contributed by atoms with Gasteiger partial charge in [-0.1, -0.05) is 6.07 Å². The second kappa shape index (κ2) is 4.91. The first-order valence-corrected chi connectivity index (χ1v) is 6.37. The number of hydrogen-bond acceptors (Lipinski definition) is 2. The Morgan fingerprint density at radius 2 is 2.16 bits per heavy atom. The fraction of sp³-hybridized carbons (Fsp3) is 0.429. The molecule has 4 N–H and O–H groups in total. The van der Waals surface area contributed by atoms with Crippen LogP contribution < -0.4 is 11.1 Å². The summed E-state index contributed by atoms with van der Waals surface area (Å²) in [6, 6.07) is 6.13. The average molecular weight is 259 g/mol. The summed E-state index contributed by atoms with van der Waals surface area (Å²) in [6.07, 6.45) is 0. The normalized spacial score (nSPS) is 12.9. The third-order valence-electron chi connectivity index (χ3n) is 2.59. The van der Waals surface area contributed by atoms with Crippen LogP contribution in [-0.4, -0.2) is 21.5 Å². The molecule has 0 bridgehead atoms. The molecule has 0 unspecified atom stereocenters. The maximum atomic E-state index is 5.82. The molecule has 1 aromatic carbocycles. The number of nitrogens with one attached hydrogen (secondary N) is 2. The van der Waals surface area contributed by atoms with E-state index < -0.39 is 0 Å². The average Bonchev–Trinajstić information content (AvgIpc) is 2.66. The molecule has 0 atom stereocenters. The minimum Gasteiger partial charge on any atom is -0.370 e. The van der Waals surface area contributed by atoms with Gasteiger partial charge < -0.3 is 16.0 Å². The van der Waals surface area contributed by atoms with E-state index in [0.717, 1.165) is 16.9 Å². The van der Waals surface area contributed by atoms with Crippen molar-refractivity contribution in [3.05, 3.63) is 29.6 Å². The minimum atomic E-state index is -0.0847. The fourth-order valence-corrected chi connectivity index (χ4v) is 1.83. The summed E-state index contributed by atoms with van der Waals surface area (Å²) in [5.41, 5.74) is 8.94. The molecule has 0 saturated heterocycles. The number of rotatable bonds is 2. The van der Waals surface area contributed by atoms with E-state index in [1.807, 2.05) is 32.9 Å². The molecule has 5 nitrogen and oxygen atoms in total. The van der Waals surface area contributed by atoms with Gasteiger partial charge >= 0.3 is 0 Å². The van der Waals surface area contributed by atoms with E-state index >= 15 is 0 Å². The van der Waals surface area contributed by atoms with Crippen LogP contribution in [0.2, 0.25) is 0 Å². The standard InChI is InChI=1S/C14H21N5/c1-9-5-6-10-11(7-9)18-12(17-10)8-16-13(15)19-14(2,3)4/h5-7H,8H2,1-4H3,(H,17,18)(H3,15,16,19). The zero-order valence-electron chi connectivity index (χ0n) is 11.9. The summed E-state index contributed by atoms with van der Waals surface area (Å²) >= 11 is 0. The molecule has 102 valence electrons. The second-order valence-corrected chi connectivity index (χ2v) is 5.78. The number of aromatic amines is 1. The van der Waals surface area contributed by atoms with Crippen molar-refractivity contribution in [1.82, 2.24) is 15.3 Å². The van der Waals surface area contributed by atoms with Crippen molar-refractivity contribution in [2.24, 2.45) is 10.7 Å². The highest BCUT2D eigenvalue weighted by Gasteiger charge is 2.10. The van der Waals surface area contributed by atoms with E-state index in [4.69, 9.17) is 5.73 Å². The molecule has 0 aliphatic heterocycles. The zero-order chi connectivity index (χ0) is 14.0. The summed E-state index contributed by atoms with van der Waals surface area (Å²) < 4.78 is 0. The van der Waals surface area contributed by atoms with Crippen LogP contribution in [0.15, 0.2) is 23.2 Å². The lowest BCUT2D eigenvalue weighted by Gasteiger charge is -2.20. The Labute approximate surface area is 113 Å². The summed E-state index contributed by atoms with van der Waals surface area (Å²) in [4.78, 5) is 12.0. The van der Waals surface area contributed by atoms with E-state index in [0.29, 0.717) is 12.5 Å². The Kier molecular flexibility index (Phi) is 3.46. The number of hydrogen-bond donors (Lipinski definition) is 3. The van der Waals surface area contributed by atoms with Crippen molar-refractivity contribution < 1.29 is 0 Å². The van der Waals surface area contributed by atoms with Crippen LogP contribution in [0.1, 0.15) is 32.2 Å². The Hall–Kier alpha value is -2.04. The van der Waals surface area contributed by atoms with Crippen molar-refractivity contribution in [1.29, 1.82) is 0 Å². The first-order valence-electron chi connectivity index (χ1n) is 6.37. The number of imidazole rings is 1. The number of benzene rings is 1. The third-order valence-corrected chi connectivity index (χ3v) is 2.59. The predicted octanol–water partition coefficient (Wildman–Crippen LogP) is 2.07. The van der Waals surface area contributed by atoms with Gasteiger partial charge in [-0.05, 0) is 45.4 Å². The largest absolute Gasteiger partial charge is 0.370 e. The molecule has 0 fully saturated rings. The molecule has 19 heavy (non-hydrogen) atoms. The molecule has 2 aromatic rings. The monoisotopic (exact) mass is 259 g/mol. The van der Waals surface area contributed by atoms with E-state index in [9.17, 15) is 0 Å². The lowest BCUT2D eigenvalue weighted by atomic mass is 10.1. The van der Waals surface area contributed by atoms with Gasteiger partial charge in [-0.3, -0.25) is 0 Å². The van der Waals surface area contributed by atoms with Crippen LogP contribution in [-0.2, 0) is 6.54 Å². The lowest BCUT2D eigenvalue weighted by Crippen LogP contribution is -2.45. The van der Waals surface area contributed by atoms with Crippen LogP contribution in [0.5, 0.6) is 0 Å². The highest BCUT2D eigenvalue weighted by atomic mass is 15.1. The molecule has 1 heterocycles. The van der Waals surface area contributed by atoms with Crippen LogP contribution in [0.4, 0.5) is 0 Å². The molecule has 0 saturated carbocycles. The van der Waals surface area contributed by atoms with E-state index in [-0.39, 0.29) is 5.54 Å². The van der Waals surface area contributed by atoms with E-state index in [1.54, 1.807) is 0 Å². The Morgan fingerprint density at radius 3 is 2.84 bits per heavy atom. The number of aliphatic imine (C=N–C) groups is 1. The van der Waals surface area contributed by atoms with Crippen molar-refractivity contribution in [3.8, 4) is 0 Å². The number of fused-ring (bicyclic) bond motifs is 1. The van der Waals surface area contributed by atoms with Gasteiger partial charge in [-0.15, -0.1) is 0 Å². The summed E-state index contributed by atoms with van der Waals surface area (Å²) in [5.74, 6) is 1.25. The molecular weight excluding hydrogens is 238 g/mol. The first kappa shape index (κ1) is 13.4. The first-order chi connectivity index (χ1) is 8.83. The minimum absolute atomic E-state index is 0.0847. The van der Waals surface area contributed by atoms with Gasteiger partial charge in [0.2, 0.25) is 0 Å². The Bertz CT molecular complexity index is 604. The van der Waals surface area contributed by atoms with Crippen LogP contribution in [0.25, 0.3) is 11.0 Å². The van der Waals surface area contributed by atoms with E-state index in [1.165, 1.54) is 5.56 Å². The summed E-state index contributed by atoms with van der Waals surface area (Å²) in [5, 5.41) is 3.12. The molecule has 0 amide bonds. The zero-order valence-corrected chi connectivity index (χ0v) is 11.9. The number of nitrogens with two attached hydrogens (primary N) is 1. The summed E-state index contributed by atoms with van der Waals surface area (Å²) in [6.45, 7) is 8.63. The van der Waals surface area contributed by atoms with Crippen molar-refractivity contribution in [2.45, 2.75) is 39.8 Å². The lowest BCUT2D eigenvalue weighted by molar-refractivity contribution is 0.508. The smallest absolute Gasteiger partial charge is 0.189 e. The predicted molar refractivity (Wildman–Crippen MR) is 79.0 cm³/mol. The van der Waals surface area contributed by atoms with Crippen LogP contribution >= 0.6 is 0 Å². The summed E-state index contributed by atoms with van der Waals surface area (Å²) in [7, 11) is 0. The topological polar surface area (TPSA) is 79.1 Å². The van der Waals surface area contributed by atoms with Crippen molar-refractivity contribution >= 4 is 17.0 Å². The van der Waals surface area contributed by atoms with Crippen LogP contribution in [0.3, 0.4) is 0 Å². The molecular formula is C14H21N5. The number of aryl methyl sites for hydroxylation is 1. The highest BCUT2D eigenvalue weighted by Crippen LogP contribution is 2.13. The Balaban J connectivity index is 2.11. The van der Waals surface area contributed by atoms with Crippen LogP contribution in [0, 0.1) is 6.92 Å². The van der Waals surface area contributed by atoms with Crippen molar-refractivity contribution in [3.63, 3.8) is 0 Å². The molecule has 0 spiro atoms. The number of guanidine groups is 1. The highest BCUT2D eigenvalue weighted by molar-refractivity contribution is 5.79. The molecule has 1 aromatic heterocycles. The van der Waals surface area contributed by atoms with Gasteiger partial charge in [0.1, 0.15) is 12.4 Å². The number of nitrogens with zero attached hydrogens (tertiary/aromatic N) is 2. The molecule has 0 aliphatic rings. The van der Waals surface area contributed by atoms with Crippen molar-refractivity contribution in [2.75, 3.05) is 0 Å². The SMILES string of the molecule is Cc1ccc2nc(CN=C(N)NC(C)(C)C)[nH]c2c1. The van der Waals surface area contributed by atoms with E-state index in [2.05, 4.69) is 33.3 Å². The fourth-order valence-electron chi connectivity index (χ4n) is 1.83. The van der Waals surface area contributed by atoms with Gasteiger partial charge in [0.25, 0.3) is 0 Å². The third kappa shape index (κ3) is 3.71. The van der Waals surface area contributed by atoms with Gasteiger partial charge in [-0.25, -0.2) is 9.98 Å².